The fourth-order valence-corrected chi connectivity index (χ4v) is 3.17. The number of hydrogen-bond acceptors (Lipinski definition) is 4. The lowest BCUT2D eigenvalue weighted by atomic mass is 10.0. The van der Waals surface area contributed by atoms with Crippen LogP contribution in [-0.2, 0) is 0 Å². The number of hydrogen-bond donors (Lipinski definition) is 3. The van der Waals surface area contributed by atoms with Crippen LogP contribution in [0.2, 0.25) is 0 Å². The quantitative estimate of drug-likeness (QED) is 0.472. The van der Waals surface area contributed by atoms with Crippen LogP contribution in [-0.4, -0.2) is 22.0 Å². The van der Waals surface area contributed by atoms with Gasteiger partial charge in [-0.15, -0.1) is 0 Å². The normalized spacial score (nSPS) is 10.6. The van der Waals surface area contributed by atoms with E-state index in [0.29, 0.717) is 16.8 Å². The smallest absolute Gasteiger partial charge is 0.335 e. The molecule has 0 unspecified atom stereocenters. The van der Waals surface area contributed by atoms with Crippen LogP contribution in [0.1, 0.15) is 20.7 Å². The number of nitrogens with two attached hydrogens (primary N) is 1. The van der Waals surface area contributed by atoms with E-state index in [1.807, 2.05) is 48.5 Å². The van der Waals surface area contributed by atoms with Gasteiger partial charge < -0.3 is 16.2 Å². The third-order valence-corrected chi connectivity index (χ3v) is 4.64. The molecule has 0 spiro atoms. The van der Waals surface area contributed by atoms with Gasteiger partial charge in [0.2, 0.25) is 0 Å². The largest absolute Gasteiger partial charge is 0.478 e. The van der Waals surface area contributed by atoms with Crippen LogP contribution in [0.15, 0.2) is 79.0 Å². The summed E-state index contributed by atoms with van der Waals surface area (Å²) in [6, 6.07) is 21.8. The van der Waals surface area contributed by atoms with Gasteiger partial charge in [-0.25, -0.2) is 4.79 Å². The SMILES string of the molecule is NC(=O)c1cnc2cc(-c3ccc(C(=O)O)cc3)ccc2c1Nc1ccccc1. The molecule has 4 aromatic rings. The topological polar surface area (TPSA) is 105 Å². The number of amides is 1. The van der Waals surface area contributed by atoms with Crippen molar-refractivity contribution in [3.63, 3.8) is 0 Å². The van der Waals surface area contributed by atoms with Crippen molar-refractivity contribution in [2.45, 2.75) is 0 Å². The maximum atomic E-state index is 11.9. The molecule has 0 aliphatic rings. The highest BCUT2D eigenvalue weighted by Gasteiger charge is 2.14. The molecule has 4 rings (SSSR count). The van der Waals surface area contributed by atoms with Crippen LogP contribution in [0, 0.1) is 0 Å². The Hall–Kier alpha value is -4.19. The zero-order valence-electron chi connectivity index (χ0n) is 15.3. The Balaban J connectivity index is 1.80. The van der Waals surface area contributed by atoms with E-state index in [2.05, 4.69) is 10.3 Å². The zero-order chi connectivity index (χ0) is 20.4. The number of fused-ring (bicyclic) bond motifs is 1. The summed E-state index contributed by atoms with van der Waals surface area (Å²) in [4.78, 5) is 27.4. The summed E-state index contributed by atoms with van der Waals surface area (Å²) >= 11 is 0. The van der Waals surface area contributed by atoms with E-state index in [-0.39, 0.29) is 5.56 Å². The van der Waals surface area contributed by atoms with Gasteiger partial charge in [0.15, 0.2) is 0 Å². The number of aromatic carboxylic acids is 1. The van der Waals surface area contributed by atoms with Crippen molar-refractivity contribution in [3.05, 3.63) is 90.1 Å². The maximum absolute atomic E-state index is 11.9. The predicted octanol–water partition coefficient (Wildman–Crippen LogP) is 4.44. The third-order valence-electron chi connectivity index (χ3n) is 4.64. The highest BCUT2D eigenvalue weighted by atomic mass is 16.4. The summed E-state index contributed by atoms with van der Waals surface area (Å²) in [6.45, 7) is 0. The van der Waals surface area contributed by atoms with E-state index in [1.54, 1.807) is 24.3 Å². The van der Waals surface area contributed by atoms with E-state index >= 15 is 0 Å². The molecule has 0 atom stereocenters. The van der Waals surface area contributed by atoms with Crippen LogP contribution in [0.3, 0.4) is 0 Å². The van der Waals surface area contributed by atoms with Gasteiger partial charge in [-0.05, 0) is 41.5 Å². The number of benzene rings is 3. The summed E-state index contributed by atoms with van der Waals surface area (Å²) in [5.41, 5.74) is 9.96. The van der Waals surface area contributed by atoms with E-state index in [9.17, 15) is 9.59 Å². The Morgan fingerprint density at radius 3 is 2.24 bits per heavy atom. The standard InChI is InChI=1S/C23H17N3O3/c24-22(27)19-13-25-20-12-16(14-6-8-15(9-7-14)23(28)29)10-11-18(20)21(19)26-17-4-2-1-3-5-17/h1-13H,(H2,24,27)(H,25,26)(H,28,29). The Morgan fingerprint density at radius 2 is 1.59 bits per heavy atom. The number of nitrogens with zero attached hydrogens (tertiary/aromatic N) is 1. The monoisotopic (exact) mass is 383 g/mol. The number of carbonyl (C=O) groups is 2. The van der Waals surface area contributed by atoms with Crippen LogP contribution < -0.4 is 11.1 Å². The van der Waals surface area contributed by atoms with E-state index < -0.39 is 11.9 Å². The van der Waals surface area contributed by atoms with Crippen LogP contribution in [0.4, 0.5) is 11.4 Å². The molecule has 3 aromatic carbocycles. The lowest BCUT2D eigenvalue weighted by Crippen LogP contribution is -2.14. The molecule has 0 aliphatic carbocycles. The number of primary amides is 1. The second kappa shape index (κ2) is 7.44. The summed E-state index contributed by atoms with van der Waals surface area (Å²) in [6.07, 6.45) is 1.47. The van der Waals surface area contributed by atoms with Gasteiger partial charge >= 0.3 is 5.97 Å². The molecule has 0 bridgehead atoms. The number of rotatable bonds is 5. The minimum absolute atomic E-state index is 0.230. The first-order valence-electron chi connectivity index (χ1n) is 8.91. The van der Waals surface area contributed by atoms with Crippen molar-refractivity contribution in [2.75, 3.05) is 5.32 Å². The summed E-state index contributed by atoms with van der Waals surface area (Å²) in [7, 11) is 0. The third kappa shape index (κ3) is 3.64. The lowest BCUT2D eigenvalue weighted by Gasteiger charge is -2.14. The van der Waals surface area contributed by atoms with Crippen molar-refractivity contribution in [1.29, 1.82) is 0 Å². The lowest BCUT2D eigenvalue weighted by molar-refractivity contribution is 0.0696. The Morgan fingerprint density at radius 1 is 0.897 bits per heavy atom. The summed E-state index contributed by atoms with van der Waals surface area (Å²) in [5.74, 6) is -1.53. The molecule has 0 radical (unpaired) electrons. The molecule has 0 fully saturated rings. The number of nitrogens with one attached hydrogen (secondary N) is 1. The van der Waals surface area contributed by atoms with Crippen molar-refractivity contribution in [2.24, 2.45) is 5.73 Å². The van der Waals surface area contributed by atoms with E-state index in [1.165, 1.54) is 6.20 Å². The first-order valence-corrected chi connectivity index (χ1v) is 8.91. The molecule has 29 heavy (non-hydrogen) atoms. The number of aromatic nitrogens is 1. The molecule has 1 amide bonds. The first-order chi connectivity index (χ1) is 14.0. The molecule has 0 saturated carbocycles. The van der Waals surface area contributed by atoms with Gasteiger partial charge in [0.25, 0.3) is 5.91 Å². The van der Waals surface area contributed by atoms with Gasteiger partial charge in [-0.3, -0.25) is 9.78 Å². The zero-order valence-corrected chi connectivity index (χ0v) is 15.3. The van der Waals surface area contributed by atoms with Crippen molar-refractivity contribution in [3.8, 4) is 11.1 Å². The van der Waals surface area contributed by atoms with Crippen molar-refractivity contribution < 1.29 is 14.7 Å². The van der Waals surface area contributed by atoms with E-state index in [4.69, 9.17) is 10.8 Å². The number of para-hydroxylation sites is 1. The highest BCUT2D eigenvalue weighted by Crippen LogP contribution is 2.32. The van der Waals surface area contributed by atoms with Crippen molar-refractivity contribution >= 4 is 34.2 Å². The molecule has 1 heterocycles. The molecule has 1 aromatic heterocycles. The van der Waals surface area contributed by atoms with Gasteiger partial charge in [-0.2, -0.15) is 0 Å². The average molecular weight is 383 g/mol. The highest BCUT2D eigenvalue weighted by molar-refractivity contribution is 6.08. The molecule has 142 valence electrons. The van der Waals surface area contributed by atoms with Gasteiger partial charge in [0.1, 0.15) is 0 Å². The number of anilines is 2. The Bertz CT molecular complexity index is 1220. The van der Waals surface area contributed by atoms with Crippen molar-refractivity contribution in [1.82, 2.24) is 4.98 Å². The number of carbonyl (C=O) groups excluding carboxylic acids is 1. The number of pyridine rings is 1. The molecular weight excluding hydrogens is 366 g/mol. The molecule has 6 nitrogen and oxygen atoms in total. The maximum Gasteiger partial charge on any atom is 0.335 e. The van der Waals surface area contributed by atoms with Crippen LogP contribution >= 0.6 is 0 Å². The predicted molar refractivity (Wildman–Crippen MR) is 112 cm³/mol. The van der Waals surface area contributed by atoms with Gasteiger partial charge in [0, 0.05) is 17.3 Å². The van der Waals surface area contributed by atoms with Crippen LogP contribution in [0.25, 0.3) is 22.0 Å². The molecule has 0 saturated heterocycles. The number of carboxylic acid groups (broad SMARTS) is 1. The Labute approximate surface area is 166 Å². The summed E-state index contributed by atoms with van der Waals surface area (Å²) < 4.78 is 0. The van der Waals surface area contributed by atoms with Gasteiger partial charge in [-0.1, -0.05) is 42.5 Å². The summed E-state index contributed by atoms with van der Waals surface area (Å²) in [5, 5.41) is 13.1. The number of carboxylic acids is 1. The Kier molecular flexibility index (Phi) is 4.66. The molecule has 0 aliphatic heterocycles. The minimum atomic E-state index is -0.965. The minimum Gasteiger partial charge on any atom is -0.478 e. The molecule has 4 N–H and O–H groups in total. The second-order valence-electron chi connectivity index (χ2n) is 6.52. The fourth-order valence-electron chi connectivity index (χ4n) is 3.17. The first kappa shape index (κ1) is 18.2. The van der Waals surface area contributed by atoms with Gasteiger partial charge in [0.05, 0.1) is 22.3 Å². The second-order valence-corrected chi connectivity index (χ2v) is 6.52. The molecule has 6 heteroatoms. The fraction of sp³-hybridized carbons (Fsp3) is 0. The van der Waals surface area contributed by atoms with E-state index in [0.717, 1.165) is 22.2 Å². The average Bonchev–Trinajstić information content (AvgIpc) is 2.74. The molecular formula is C23H17N3O3. The van der Waals surface area contributed by atoms with Crippen LogP contribution in [0.5, 0.6) is 0 Å².